The Labute approximate surface area is 83.6 Å². The van der Waals surface area contributed by atoms with Crippen LogP contribution in [0.3, 0.4) is 0 Å². The first-order chi connectivity index (χ1) is 5.70. The van der Waals surface area contributed by atoms with Gasteiger partial charge in [0.1, 0.15) is 0 Å². The average molecular weight is 254 g/mol. The van der Waals surface area contributed by atoms with Crippen LogP contribution in [0.5, 0.6) is 0 Å². The van der Waals surface area contributed by atoms with E-state index in [1.807, 2.05) is 30.3 Å². The van der Waals surface area contributed by atoms with Crippen molar-refractivity contribution in [3.8, 4) is 0 Å². The molecule has 1 atom stereocenters. The fraction of sp³-hybridized carbons (Fsp3) is 0.300. The number of carbonyl (C=O) groups is 1. The molecule has 0 saturated heterocycles. The molecular weight excluding hydrogens is 243 g/mol. The van der Waals surface area contributed by atoms with Gasteiger partial charge in [0.05, 0.1) is 0 Å². The van der Waals surface area contributed by atoms with Crippen LogP contribution in [-0.2, 0) is 30.4 Å². The molecule has 0 aromatic heterocycles. The van der Waals surface area contributed by atoms with Gasteiger partial charge in [0.15, 0.2) is 0 Å². The van der Waals surface area contributed by atoms with Crippen molar-refractivity contribution in [2.75, 3.05) is 0 Å². The van der Waals surface area contributed by atoms with Gasteiger partial charge in [0.2, 0.25) is 0 Å². The van der Waals surface area contributed by atoms with Crippen LogP contribution in [0.1, 0.15) is 12.5 Å². The van der Waals surface area contributed by atoms with Gasteiger partial charge >= 0.3 is 83.4 Å². The van der Waals surface area contributed by atoms with Crippen molar-refractivity contribution in [3.63, 3.8) is 0 Å². The molecule has 2 heteroatoms. The molecule has 1 nitrogen and oxygen atoms in total. The molecular formula is C10H11OPd. The molecule has 1 aromatic rings. The molecule has 1 aromatic carbocycles. The first-order valence-electron chi connectivity index (χ1n) is 3.85. The van der Waals surface area contributed by atoms with Crippen molar-refractivity contribution < 1.29 is 24.0 Å². The fourth-order valence-corrected chi connectivity index (χ4v) is 1.32. The molecule has 0 N–H and O–H groups in total. The van der Waals surface area contributed by atoms with Crippen molar-refractivity contribution in [1.82, 2.24) is 0 Å². The summed E-state index contributed by atoms with van der Waals surface area (Å²) in [5.74, 6) is 0.196. The zero-order valence-corrected chi connectivity index (χ0v) is 8.45. The molecule has 1 rings (SSSR count). The summed E-state index contributed by atoms with van der Waals surface area (Å²) in [4.78, 5) is 10.9. The Morgan fingerprint density at radius 2 is 2.00 bits per heavy atom. The second-order valence-electron chi connectivity index (χ2n) is 2.72. The number of Topliss-reactive ketones (excluding diaryl/α,β-unsaturated/α-hetero) is 1. The van der Waals surface area contributed by atoms with E-state index < -0.39 is 0 Å². The second kappa shape index (κ2) is 4.55. The van der Waals surface area contributed by atoms with Crippen LogP contribution in [0.2, 0.25) is 4.39 Å². The number of benzene rings is 1. The van der Waals surface area contributed by atoms with E-state index >= 15 is 0 Å². The van der Waals surface area contributed by atoms with Crippen LogP contribution in [0.25, 0.3) is 0 Å². The molecule has 12 heavy (non-hydrogen) atoms. The predicted octanol–water partition coefficient (Wildman–Crippen LogP) is 2.15. The van der Waals surface area contributed by atoms with Crippen molar-refractivity contribution in [1.29, 1.82) is 0 Å². The minimum atomic E-state index is -0.00426. The summed E-state index contributed by atoms with van der Waals surface area (Å²) < 4.78 is -0.00426. The molecule has 0 fully saturated rings. The molecule has 1 unspecified atom stereocenters. The number of rotatable bonds is 3. The second-order valence-corrected chi connectivity index (χ2v) is 3.81. The van der Waals surface area contributed by atoms with E-state index in [-0.39, 0.29) is 10.2 Å². The Balaban J connectivity index is 2.58. The van der Waals surface area contributed by atoms with Crippen LogP contribution >= 0.6 is 0 Å². The van der Waals surface area contributed by atoms with Gasteiger partial charge in [-0.1, -0.05) is 0 Å². The van der Waals surface area contributed by atoms with Crippen LogP contribution < -0.4 is 0 Å². The Kier molecular flexibility index (Phi) is 3.65. The monoisotopic (exact) mass is 253 g/mol. The van der Waals surface area contributed by atoms with E-state index in [1.54, 1.807) is 6.92 Å². The number of carbonyl (C=O) groups excluding carboxylic acids is 1. The van der Waals surface area contributed by atoms with Crippen molar-refractivity contribution in [2.45, 2.75) is 17.7 Å². The molecule has 67 valence electrons. The first kappa shape index (κ1) is 9.64. The van der Waals surface area contributed by atoms with Crippen molar-refractivity contribution in [2.24, 2.45) is 0 Å². The quantitative estimate of drug-likeness (QED) is 0.755. The van der Waals surface area contributed by atoms with E-state index in [0.717, 1.165) is 6.42 Å². The van der Waals surface area contributed by atoms with E-state index in [2.05, 4.69) is 19.2 Å². The van der Waals surface area contributed by atoms with Crippen molar-refractivity contribution >= 4 is 5.78 Å². The standard InChI is InChI=1S/C10H11O.Pd/c1-9(11)7-8-10-5-3-2-4-6-10;/h2-7H,8H2,1H3;. The van der Waals surface area contributed by atoms with Gasteiger partial charge in [-0.05, 0) is 0 Å². The summed E-state index contributed by atoms with van der Waals surface area (Å²) in [6.07, 6.45) is 0.791. The maximum atomic E-state index is 10.9. The van der Waals surface area contributed by atoms with Gasteiger partial charge in [0, 0.05) is 0 Å². The molecule has 0 heterocycles. The summed E-state index contributed by atoms with van der Waals surface area (Å²) in [7, 11) is 0. The Hall–Kier alpha value is -0.448. The normalized spacial score (nSPS) is 12.6. The summed E-state index contributed by atoms with van der Waals surface area (Å²) in [5, 5.41) is 0. The van der Waals surface area contributed by atoms with Gasteiger partial charge in [-0.3, -0.25) is 0 Å². The average Bonchev–Trinajstić information content (AvgIpc) is 2.06. The SMILES string of the molecule is CC(=O)[CH]([Pd])Cc1ccccc1. The topological polar surface area (TPSA) is 17.1 Å². The fourth-order valence-electron chi connectivity index (χ4n) is 0.950. The Morgan fingerprint density at radius 1 is 1.42 bits per heavy atom. The molecule has 0 aliphatic carbocycles. The van der Waals surface area contributed by atoms with Crippen LogP contribution in [-0.4, -0.2) is 5.78 Å². The summed E-state index contributed by atoms with van der Waals surface area (Å²) >= 11 is 3.06. The van der Waals surface area contributed by atoms with Gasteiger partial charge < -0.3 is 0 Å². The van der Waals surface area contributed by atoms with Crippen LogP contribution in [0, 0.1) is 0 Å². The van der Waals surface area contributed by atoms with E-state index in [1.165, 1.54) is 5.56 Å². The molecule has 0 spiro atoms. The van der Waals surface area contributed by atoms with E-state index in [4.69, 9.17) is 0 Å². The molecule has 0 amide bonds. The number of hydrogen-bond donors (Lipinski definition) is 0. The van der Waals surface area contributed by atoms with E-state index in [9.17, 15) is 4.79 Å². The zero-order valence-electron chi connectivity index (χ0n) is 6.90. The van der Waals surface area contributed by atoms with Crippen molar-refractivity contribution in [3.05, 3.63) is 35.9 Å². The molecule has 0 saturated carbocycles. The van der Waals surface area contributed by atoms with Crippen LogP contribution in [0.15, 0.2) is 30.3 Å². The number of ketones is 1. The van der Waals surface area contributed by atoms with Crippen LogP contribution in [0.4, 0.5) is 0 Å². The van der Waals surface area contributed by atoms with E-state index in [0.29, 0.717) is 0 Å². The third-order valence-corrected chi connectivity index (χ3v) is 2.61. The van der Waals surface area contributed by atoms with Gasteiger partial charge in [0.25, 0.3) is 0 Å². The summed E-state index contributed by atoms with van der Waals surface area (Å²) in [6, 6.07) is 10.0. The summed E-state index contributed by atoms with van der Waals surface area (Å²) in [6.45, 7) is 1.61. The summed E-state index contributed by atoms with van der Waals surface area (Å²) in [5.41, 5.74) is 1.20. The zero-order chi connectivity index (χ0) is 8.97. The minimum absolute atomic E-state index is 0.00426. The first-order valence-corrected chi connectivity index (χ1v) is 4.75. The molecule has 0 aliphatic rings. The molecule has 0 bridgehead atoms. The molecule has 0 aliphatic heterocycles. The Bertz CT molecular complexity index is 256. The molecule has 0 radical (unpaired) electrons. The predicted molar refractivity (Wildman–Crippen MR) is 44.6 cm³/mol. The van der Waals surface area contributed by atoms with Gasteiger partial charge in [-0.15, -0.1) is 0 Å². The number of hydrogen-bond acceptors (Lipinski definition) is 1. The third-order valence-electron chi connectivity index (χ3n) is 1.66. The van der Waals surface area contributed by atoms with Gasteiger partial charge in [-0.25, -0.2) is 0 Å². The maximum absolute atomic E-state index is 10.9. The third kappa shape index (κ3) is 2.89. The van der Waals surface area contributed by atoms with Gasteiger partial charge in [-0.2, -0.15) is 0 Å². The Morgan fingerprint density at radius 3 is 2.50 bits per heavy atom.